The summed E-state index contributed by atoms with van der Waals surface area (Å²) >= 11 is 3.41. The monoisotopic (exact) mass is 342 g/mol. The Morgan fingerprint density at radius 3 is 2.55 bits per heavy atom. The molecule has 0 bridgehead atoms. The fourth-order valence-electron chi connectivity index (χ4n) is 2.06. The van der Waals surface area contributed by atoms with Gasteiger partial charge < -0.3 is 15.3 Å². The third-order valence-corrected chi connectivity index (χ3v) is 3.44. The van der Waals surface area contributed by atoms with Crippen molar-refractivity contribution < 1.29 is 9.90 Å². The van der Waals surface area contributed by atoms with Gasteiger partial charge in [0.15, 0.2) is 0 Å². The number of carbonyl (C=O) groups excluding carboxylic acids is 1. The molecule has 0 aliphatic heterocycles. The third kappa shape index (κ3) is 4.80. The van der Waals surface area contributed by atoms with E-state index in [0.717, 1.165) is 15.7 Å². The van der Waals surface area contributed by atoms with Crippen LogP contribution in [0.5, 0.6) is 0 Å². The summed E-state index contributed by atoms with van der Waals surface area (Å²) < 4.78 is 0.917. The molecule has 112 valence electrons. The molecule has 20 heavy (non-hydrogen) atoms. The second-order valence-corrected chi connectivity index (χ2v) is 6.03. The highest BCUT2D eigenvalue weighted by Gasteiger charge is 2.16. The van der Waals surface area contributed by atoms with Gasteiger partial charge in [0.2, 0.25) is 5.91 Å². The lowest BCUT2D eigenvalue weighted by atomic mass is 10.1. The van der Waals surface area contributed by atoms with Gasteiger partial charge in [-0.2, -0.15) is 0 Å². The minimum absolute atomic E-state index is 0.0127. The van der Waals surface area contributed by atoms with Crippen molar-refractivity contribution in [3.63, 3.8) is 0 Å². The lowest BCUT2D eigenvalue weighted by Gasteiger charge is -2.26. The van der Waals surface area contributed by atoms with Crippen LogP contribution in [0.15, 0.2) is 22.7 Å². The van der Waals surface area contributed by atoms with E-state index in [2.05, 4.69) is 21.2 Å². The first-order chi connectivity index (χ1) is 9.35. The van der Waals surface area contributed by atoms with Gasteiger partial charge in [-0.1, -0.05) is 15.9 Å². The number of aliphatic hydroxyl groups excluding tert-OH is 1. The smallest absolute Gasteiger partial charge is 0.239 e. The van der Waals surface area contributed by atoms with Gasteiger partial charge in [-0.15, -0.1) is 0 Å². The summed E-state index contributed by atoms with van der Waals surface area (Å²) in [5, 5.41) is 12.8. The number of likely N-dealkylation sites (N-methyl/N-ethyl adjacent to an activating group) is 1. The van der Waals surface area contributed by atoms with Crippen LogP contribution in [0.1, 0.15) is 39.4 Å². The summed E-state index contributed by atoms with van der Waals surface area (Å²) in [6.07, 6.45) is -0.579. The van der Waals surface area contributed by atoms with Crippen molar-refractivity contribution in [1.82, 2.24) is 5.32 Å². The number of hydrogen-bond donors (Lipinski definition) is 2. The average molecular weight is 343 g/mol. The minimum atomic E-state index is -0.579. The van der Waals surface area contributed by atoms with Crippen LogP contribution < -0.4 is 10.2 Å². The predicted octanol–water partition coefficient (Wildman–Crippen LogP) is 2.85. The Kier molecular flexibility index (Phi) is 6.49. The third-order valence-electron chi connectivity index (χ3n) is 2.95. The van der Waals surface area contributed by atoms with Crippen LogP contribution in [-0.2, 0) is 4.79 Å². The quantitative estimate of drug-likeness (QED) is 0.835. The van der Waals surface area contributed by atoms with Gasteiger partial charge in [0.1, 0.15) is 0 Å². The van der Waals surface area contributed by atoms with Gasteiger partial charge in [0.05, 0.1) is 12.6 Å². The topological polar surface area (TPSA) is 52.6 Å². The fourth-order valence-corrected chi connectivity index (χ4v) is 2.44. The number of aliphatic hydroxyl groups is 1. The number of rotatable bonds is 6. The van der Waals surface area contributed by atoms with Gasteiger partial charge >= 0.3 is 0 Å². The number of benzene rings is 1. The zero-order chi connectivity index (χ0) is 15.3. The molecule has 0 aliphatic rings. The molecule has 0 radical (unpaired) electrons. The summed E-state index contributed by atoms with van der Waals surface area (Å²) in [6.45, 7) is 8.59. The lowest BCUT2D eigenvalue weighted by Crippen LogP contribution is -2.40. The second kappa shape index (κ2) is 7.64. The molecule has 4 nitrogen and oxygen atoms in total. The molecular weight excluding hydrogens is 320 g/mol. The molecule has 1 aromatic rings. The molecule has 1 unspecified atom stereocenters. The lowest BCUT2D eigenvalue weighted by molar-refractivity contribution is -0.120. The Hall–Kier alpha value is -1.07. The number of carbonyl (C=O) groups is 1. The zero-order valence-corrected chi connectivity index (χ0v) is 14.1. The summed E-state index contributed by atoms with van der Waals surface area (Å²) in [7, 11) is 0. The average Bonchev–Trinajstić information content (AvgIpc) is 2.35. The first-order valence-corrected chi connectivity index (χ1v) is 7.66. The van der Waals surface area contributed by atoms with Crippen LogP contribution in [0.2, 0.25) is 0 Å². The largest absolute Gasteiger partial charge is 0.389 e. The highest BCUT2D eigenvalue weighted by Crippen LogP contribution is 2.29. The van der Waals surface area contributed by atoms with E-state index in [1.165, 1.54) is 0 Å². The molecule has 0 saturated heterocycles. The molecule has 1 aromatic carbocycles. The van der Waals surface area contributed by atoms with E-state index in [4.69, 9.17) is 0 Å². The van der Waals surface area contributed by atoms with Crippen LogP contribution >= 0.6 is 15.9 Å². The Balaban J connectivity index is 2.97. The summed E-state index contributed by atoms with van der Waals surface area (Å²) in [5.41, 5.74) is 1.71. The van der Waals surface area contributed by atoms with E-state index in [-0.39, 0.29) is 18.5 Å². The molecule has 1 amide bonds. The summed E-state index contributed by atoms with van der Waals surface area (Å²) in [4.78, 5) is 13.9. The van der Waals surface area contributed by atoms with Crippen LogP contribution in [0.25, 0.3) is 0 Å². The summed E-state index contributed by atoms with van der Waals surface area (Å²) in [5.74, 6) is -0.0127. The van der Waals surface area contributed by atoms with Crippen LogP contribution in [0.4, 0.5) is 5.69 Å². The minimum Gasteiger partial charge on any atom is -0.389 e. The predicted molar refractivity (Wildman–Crippen MR) is 85.9 cm³/mol. The van der Waals surface area contributed by atoms with E-state index >= 15 is 0 Å². The first-order valence-electron chi connectivity index (χ1n) is 6.87. The zero-order valence-electron chi connectivity index (χ0n) is 12.5. The van der Waals surface area contributed by atoms with Gasteiger partial charge in [0, 0.05) is 28.3 Å². The maximum atomic E-state index is 11.9. The van der Waals surface area contributed by atoms with Gasteiger partial charge in [0.25, 0.3) is 0 Å². The molecule has 0 aliphatic carbocycles. The number of hydrogen-bond acceptors (Lipinski definition) is 3. The van der Waals surface area contributed by atoms with Crippen LogP contribution in [0.3, 0.4) is 0 Å². The molecule has 2 N–H and O–H groups in total. The second-order valence-electron chi connectivity index (χ2n) is 5.12. The van der Waals surface area contributed by atoms with E-state index in [0.29, 0.717) is 6.54 Å². The molecular formula is C15H23BrN2O2. The Morgan fingerprint density at radius 1 is 1.40 bits per heavy atom. The van der Waals surface area contributed by atoms with Crippen molar-refractivity contribution in [2.24, 2.45) is 0 Å². The molecule has 0 fully saturated rings. The van der Waals surface area contributed by atoms with E-state index in [1.54, 1.807) is 6.92 Å². The summed E-state index contributed by atoms with van der Waals surface area (Å²) in [6, 6.07) is 5.87. The number of amides is 1. The maximum absolute atomic E-state index is 11.9. The molecule has 1 atom stereocenters. The SMILES string of the molecule is CCN(CC(=O)NC(C)C)c1ccc(Br)cc1C(C)O. The molecule has 0 spiro atoms. The maximum Gasteiger partial charge on any atom is 0.239 e. The molecule has 5 heteroatoms. The normalized spacial score (nSPS) is 12.3. The van der Waals surface area contributed by atoms with Crippen LogP contribution in [0, 0.1) is 0 Å². The fraction of sp³-hybridized carbons (Fsp3) is 0.533. The Bertz CT molecular complexity index is 461. The van der Waals surface area contributed by atoms with E-state index in [1.807, 2.05) is 43.9 Å². The molecule has 0 heterocycles. The number of nitrogens with zero attached hydrogens (tertiary/aromatic N) is 1. The Labute approximate surface area is 129 Å². The number of nitrogens with one attached hydrogen (secondary N) is 1. The van der Waals surface area contributed by atoms with Crippen LogP contribution in [-0.4, -0.2) is 30.1 Å². The Morgan fingerprint density at radius 2 is 2.05 bits per heavy atom. The standard InChI is InChI=1S/C15H23BrN2O2/c1-5-18(9-15(20)17-10(2)3)14-7-6-12(16)8-13(14)11(4)19/h6-8,10-11,19H,5,9H2,1-4H3,(H,17,20). The van der Waals surface area contributed by atoms with Crippen molar-refractivity contribution >= 4 is 27.5 Å². The number of anilines is 1. The molecule has 0 aromatic heterocycles. The highest BCUT2D eigenvalue weighted by atomic mass is 79.9. The van der Waals surface area contributed by atoms with Gasteiger partial charge in [-0.05, 0) is 45.9 Å². The van der Waals surface area contributed by atoms with Crippen molar-refractivity contribution in [2.45, 2.75) is 39.8 Å². The van der Waals surface area contributed by atoms with Gasteiger partial charge in [-0.25, -0.2) is 0 Å². The van der Waals surface area contributed by atoms with E-state index < -0.39 is 6.10 Å². The van der Waals surface area contributed by atoms with Crippen molar-refractivity contribution in [3.05, 3.63) is 28.2 Å². The van der Waals surface area contributed by atoms with Gasteiger partial charge in [-0.3, -0.25) is 4.79 Å². The number of halogens is 1. The highest BCUT2D eigenvalue weighted by molar-refractivity contribution is 9.10. The molecule has 0 saturated carbocycles. The first kappa shape index (κ1) is 17.0. The van der Waals surface area contributed by atoms with Crippen molar-refractivity contribution in [3.8, 4) is 0 Å². The van der Waals surface area contributed by atoms with Crippen molar-refractivity contribution in [1.29, 1.82) is 0 Å². The van der Waals surface area contributed by atoms with E-state index in [9.17, 15) is 9.90 Å². The van der Waals surface area contributed by atoms with Crippen molar-refractivity contribution in [2.75, 3.05) is 18.0 Å². The molecule has 1 rings (SSSR count).